The maximum Gasteiger partial charge on any atom is 0.327 e. The maximum absolute atomic E-state index is 12.3. The number of benzene rings is 1. The van der Waals surface area contributed by atoms with Crippen LogP contribution in [0.15, 0.2) is 41.8 Å². The zero-order valence-corrected chi connectivity index (χ0v) is 13.7. The average Bonchev–Trinajstić information content (AvgIpc) is 2.74. The Kier molecular flexibility index (Phi) is 5.03. The van der Waals surface area contributed by atoms with Crippen LogP contribution in [0.3, 0.4) is 0 Å². The van der Waals surface area contributed by atoms with E-state index in [2.05, 4.69) is 11.9 Å². The number of carbonyl (C=O) groups is 3. The fourth-order valence-corrected chi connectivity index (χ4v) is 3.62. The molecule has 0 fully saturated rings. The third kappa shape index (κ3) is 3.30. The molecule has 0 saturated carbocycles. The molecule has 1 N–H and O–H groups in total. The van der Waals surface area contributed by atoms with Crippen molar-refractivity contribution >= 4 is 27.8 Å². The highest BCUT2D eigenvalue weighted by atomic mass is 32.2. The van der Waals surface area contributed by atoms with Crippen LogP contribution in [0, 0.1) is 0 Å². The number of rotatable bonds is 6. The van der Waals surface area contributed by atoms with Crippen molar-refractivity contribution in [3.63, 3.8) is 0 Å². The van der Waals surface area contributed by atoms with Gasteiger partial charge in [-0.15, -0.1) is 6.58 Å². The number of ether oxygens (including phenoxy) is 1. The Balaban J connectivity index is 2.07. The third-order valence-corrected chi connectivity index (χ3v) is 5.07. The van der Waals surface area contributed by atoms with Crippen LogP contribution in [-0.2, 0) is 24.3 Å². The summed E-state index contributed by atoms with van der Waals surface area (Å²) in [5, 5.41) is 2.44. The van der Waals surface area contributed by atoms with Gasteiger partial charge in [0.25, 0.3) is 21.8 Å². The van der Waals surface area contributed by atoms with Gasteiger partial charge in [0, 0.05) is 6.54 Å². The van der Waals surface area contributed by atoms with Gasteiger partial charge in [-0.05, 0) is 19.1 Å². The number of nitrogens with one attached hydrogen (secondary N) is 1. The molecule has 1 heterocycles. The van der Waals surface area contributed by atoms with Crippen LogP contribution < -0.4 is 5.32 Å². The van der Waals surface area contributed by atoms with Crippen molar-refractivity contribution in [2.75, 3.05) is 13.1 Å². The molecule has 0 saturated heterocycles. The summed E-state index contributed by atoms with van der Waals surface area (Å²) in [7, 11) is -4.09. The average molecular weight is 352 g/mol. The summed E-state index contributed by atoms with van der Waals surface area (Å²) in [5.41, 5.74) is 0.00192. The fraction of sp³-hybridized carbons (Fsp3) is 0.267. The van der Waals surface area contributed by atoms with E-state index in [4.69, 9.17) is 4.74 Å². The lowest BCUT2D eigenvalue weighted by Crippen LogP contribution is -2.40. The quantitative estimate of drug-likeness (QED) is 0.573. The van der Waals surface area contributed by atoms with Gasteiger partial charge in [-0.25, -0.2) is 12.7 Å². The van der Waals surface area contributed by atoms with E-state index in [-0.39, 0.29) is 17.0 Å². The van der Waals surface area contributed by atoms with Crippen LogP contribution in [0.4, 0.5) is 0 Å². The zero-order valence-electron chi connectivity index (χ0n) is 12.9. The van der Waals surface area contributed by atoms with Gasteiger partial charge in [-0.2, -0.15) is 0 Å². The van der Waals surface area contributed by atoms with Crippen molar-refractivity contribution in [3.05, 3.63) is 42.5 Å². The van der Waals surface area contributed by atoms with Crippen LogP contribution in [0.1, 0.15) is 17.3 Å². The molecular formula is C15H16N2O6S. The number of hydrogen-bond acceptors (Lipinski definition) is 6. The number of fused-ring (bicyclic) bond motifs is 1. The summed E-state index contributed by atoms with van der Waals surface area (Å²) in [4.78, 5) is 35.5. The van der Waals surface area contributed by atoms with E-state index in [0.29, 0.717) is 4.31 Å². The Morgan fingerprint density at radius 2 is 2.04 bits per heavy atom. The summed E-state index contributed by atoms with van der Waals surface area (Å²) in [6, 6.07) is 5.67. The second kappa shape index (κ2) is 6.83. The standard InChI is InChI=1S/C15H16N2O6S/c1-3-8-16-14(19)10(2)23-13(18)9-17-15(20)11-6-4-5-7-12(11)24(17,21)22/h3-7,10H,1,8-9H2,2H3,(H,16,19). The van der Waals surface area contributed by atoms with E-state index in [0.717, 1.165) is 0 Å². The van der Waals surface area contributed by atoms with E-state index >= 15 is 0 Å². The second-order valence-electron chi connectivity index (χ2n) is 4.98. The van der Waals surface area contributed by atoms with Crippen molar-refractivity contribution in [1.29, 1.82) is 0 Å². The maximum atomic E-state index is 12.3. The Bertz CT molecular complexity index is 802. The Morgan fingerprint density at radius 1 is 1.38 bits per heavy atom. The predicted molar refractivity (Wildman–Crippen MR) is 83.4 cm³/mol. The van der Waals surface area contributed by atoms with Crippen LogP contribution in [0.25, 0.3) is 0 Å². The van der Waals surface area contributed by atoms with E-state index < -0.39 is 40.5 Å². The first-order chi connectivity index (χ1) is 11.3. The normalized spacial score (nSPS) is 16.2. The molecule has 0 radical (unpaired) electrons. The predicted octanol–water partition coefficient (Wildman–Crippen LogP) is 0.0650. The monoisotopic (exact) mass is 352 g/mol. The van der Waals surface area contributed by atoms with Crippen LogP contribution in [-0.4, -0.2) is 49.7 Å². The van der Waals surface area contributed by atoms with Gasteiger partial charge in [0.1, 0.15) is 11.4 Å². The molecule has 8 nitrogen and oxygen atoms in total. The Hall–Kier alpha value is -2.68. The molecule has 2 amide bonds. The molecule has 9 heteroatoms. The second-order valence-corrected chi connectivity index (χ2v) is 6.81. The lowest BCUT2D eigenvalue weighted by Gasteiger charge is -2.17. The molecule has 1 unspecified atom stereocenters. The molecule has 0 bridgehead atoms. The van der Waals surface area contributed by atoms with Crippen molar-refractivity contribution in [3.8, 4) is 0 Å². The largest absolute Gasteiger partial charge is 0.451 e. The van der Waals surface area contributed by atoms with Gasteiger partial charge < -0.3 is 10.1 Å². The molecule has 128 valence electrons. The minimum atomic E-state index is -4.09. The number of carbonyl (C=O) groups excluding carboxylic acids is 3. The summed E-state index contributed by atoms with van der Waals surface area (Å²) in [6.45, 7) is 4.18. The molecule has 1 aromatic carbocycles. The van der Waals surface area contributed by atoms with Crippen molar-refractivity contribution in [1.82, 2.24) is 9.62 Å². The van der Waals surface area contributed by atoms with Gasteiger partial charge in [0.05, 0.1) is 5.56 Å². The SMILES string of the molecule is C=CCNC(=O)C(C)OC(=O)CN1C(=O)c2ccccc2S1(=O)=O. The summed E-state index contributed by atoms with van der Waals surface area (Å²) < 4.78 is 29.9. The Labute approximate surface area is 139 Å². The molecule has 1 atom stereocenters. The van der Waals surface area contributed by atoms with Gasteiger partial charge in [-0.3, -0.25) is 14.4 Å². The highest BCUT2D eigenvalue weighted by Gasteiger charge is 2.42. The first-order valence-corrected chi connectivity index (χ1v) is 8.47. The molecule has 24 heavy (non-hydrogen) atoms. The molecule has 0 spiro atoms. The zero-order chi connectivity index (χ0) is 17.9. The van der Waals surface area contributed by atoms with Crippen LogP contribution >= 0.6 is 0 Å². The number of nitrogens with zero attached hydrogens (tertiary/aromatic N) is 1. The molecule has 0 aliphatic carbocycles. The van der Waals surface area contributed by atoms with E-state index in [1.807, 2.05) is 0 Å². The topological polar surface area (TPSA) is 110 Å². The summed E-state index contributed by atoms with van der Waals surface area (Å²) in [6.07, 6.45) is 0.333. The smallest absolute Gasteiger partial charge is 0.327 e. The van der Waals surface area contributed by atoms with Gasteiger partial charge in [0.15, 0.2) is 6.10 Å². The van der Waals surface area contributed by atoms with Crippen LogP contribution in [0.2, 0.25) is 0 Å². The first kappa shape index (κ1) is 17.7. The van der Waals surface area contributed by atoms with Gasteiger partial charge >= 0.3 is 5.97 Å². The minimum absolute atomic E-state index is 0.00192. The molecular weight excluding hydrogens is 336 g/mol. The molecule has 1 aromatic rings. The lowest BCUT2D eigenvalue weighted by atomic mass is 10.2. The van der Waals surface area contributed by atoms with E-state index in [1.54, 1.807) is 0 Å². The molecule has 1 aliphatic heterocycles. The fourth-order valence-electron chi connectivity index (χ4n) is 2.11. The molecule has 2 rings (SSSR count). The van der Waals surface area contributed by atoms with Crippen LogP contribution in [0.5, 0.6) is 0 Å². The number of esters is 1. The summed E-state index contributed by atoms with van der Waals surface area (Å²) >= 11 is 0. The van der Waals surface area contributed by atoms with E-state index in [9.17, 15) is 22.8 Å². The minimum Gasteiger partial charge on any atom is -0.451 e. The number of sulfonamides is 1. The van der Waals surface area contributed by atoms with Crippen molar-refractivity contribution in [2.45, 2.75) is 17.9 Å². The Morgan fingerprint density at radius 3 is 2.67 bits per heavy atom. The van der Waals surface area contributed by atoms with Crippen molar-refractivity contribution in [2.24, 2.45) is 0 Å². The first-order valence-electron chi connectivity index (χ1n) is 7.03. The summed E-state index contributed by atoms with van der Waals surface area (Å²) in [5.74, 6) is -2.35. The lowest BCUT2D eigenvalue weighted by molar-refractivity contribution is -0.154. The van der Waals surface area contributed by atoms with Crippen molar-refractivity contribution < 1.29 is 27.5 Å². The van der Waals surface area contributed by atoms with E-state index in [1.165, 1.54) is 37.3 Å². The van der Waals surface area contributed by atoms with Gasteiger partial charge in [-0.1, -0.05) is 18.2 Å². The molecule has 0 aromatic heterocycles. The highest BCUT2D eigenvalue weighted by molar-refractivity contribution is 7.90. The number of amides is 2. The number of hydrogen-bond donors (Lipinski definition) is 1. The third-order valence-electron chi connectivity index (χ3n) is 3.28. The molecule has 1 aliphatic rings. The highest BCUT2D eigenvalue weighted by Crippen LogP contribution is 2.29. The van der Waals surface area contributed by atoms with Gasteiger partial charge in [0.2, 0.25) is 0 Å².